The number of aliphatic carboxylic acids is 1. The molecular formula is C19H38O5S. The van der Waals surface area contributed by atoms with Gasteiger partial charge in [-0.05, 0) is 13.3 Å². The minimum Gasteiger partial charge on any atom is -0.480 e. The van der Waals surface area contributed by atoms with E-state index in [1.807, 2.05) is 0 Å². The third-order valence-electron chi connectivity index (χ3n) is 5.03. The Morgan fingerprint density at radius 3 is 1.36 bits per heavy atom. The number of rotatable bonds is 17. The maximum atomic E-state index is 11.2. The minimum atomic E-state index is -4.58. The molecule has 0 aromatic carbocycles. The zero-order valence-corrected chi connectivity index (χ0v) is 17.0. The summed E-state index contributed by atoms with van der Waals surface area (Å²) in [4.78, 5) is 11.1. The van der Waals surface area contributed by atoms with Crippen molar-refractivity contribution in [2.45, 2.75) is 115 Å². The third kappa shape index (κ3) is 10.9. The monoisotopic (exact) mass is 378 g/mol. The number of carbonyl (C=O) groups is 1. The summed E-state index contributed by atoms with van der Waals surface area (Å²) in [6.07, 6.45) is 16.5. The Bertz CT molecular complexity index is 447. The highest BCUT2D eigenvalue weighted by Gasteiger charge is 2.45. The lowest BCUT2D eigenvalue weighted by Gasteiger charge is -2.20. The third-order valence-corrected chi connectivity index (χ3v) is 6.55. The zero-order chi connectivity index (χ0) is 19.2. The summed E-state index contributed by atoms with van der Waals surface area (Å²) in [6, 6.07) is 0. The topological polar surface area (TPSA) is 91.7 Å². The molecule has 6 heteroatoms. The molecule has 150 valence electrons. The average Bonchev–Trinajstić information content (AvgIpc) is 2.53. The summed E-state index contributed by atoms with van der Waals surface area (Å²) in [5.41, 5.74) is 0. The quantitative estimate of drug-likeness (QED) is 0.254. The Labute approximate surface area is 154 Å². The molecule has 0 bridgehead atoms. The fourth-order valence-electron chi connectivity index (χ4n) is 3.00. The van der Waals surface area contributed by atoms with E-state index in [4.69, 9.17) is 9.66 Å². The molecular weight excluding hydrogens is 340 g/mol. The van der Waals surface area contributed by atoms with Crippen molar-refractivity contribution < 1.29 is 22.9 Å². The molecule has 0 aliphatic rings. The highest BCUT2D eigenvalue weighted by Crippen LogP contribution is 2.24. The molecule has 0 radical (unpaired) electrons. The second-order valence-corrected chi connectivity index (χ2v) is 9.21. The molecule has 0 aliphatic heterocycles. The van der Waals surface area contributed by atoms with E-state index >= 15 is 0 Å². The van der Waals surface area contributed by atoms with Crippen molar-refractivity contribution in [1.29, 1.82) is 0 Å². The van der Waals surface area contributed by atoms with Crippen molar-refractivity contribution in [3.8, 4) is 0 Å². The summed E-state index contributed by atoms with van der Waals surface area (Å²) in [5.74, 6) is -1.48. The van der Waals surface area contributed by atoms with Crippen molar-refractivity contribution >= 4 is 16.1 Å². The molecule has 5 nitrogen and oxygen atoms in total. The van der Waals surface area contributed by atoms with Crippen LogP contribution in [0.4, 0.5) is 0 Å². The van der Waals surface area contributed by atoms with Gasteiger partial charge in [-0.1, -0.05) is 96.8 Å². The first-order valence-corrected chi connectivity index (χ1v) is 11.4. The van der Waals surface area contributed by atoms with Gasteiger partial charge in [0.25, 0.3) is 10.1 Å². The van der Waals surface area contributed by atoms with Crippen LogP contribution < -0.4 is 0 Å². The highest BCUT2D eigenvalue weighted by molar-refractivity contribution is 7.88. The predicted molar refractivity (Wildman–Crippen MR) is 103 cm³/mol. The fraction of sp³-hybridized carbons (Fsp3) is 0.947. The molecule has 0 fully saturated rings. The summed E-state index contributed by atoms with van der Waals surface area (Å²) in [7, 11) is -4.58. The van der Waals surface area contributed by atoms with Crippen LogP contribution in [0.25, 0.3) is 0 Å². The Kier molecular flexibility index (Phi) is 13.2. The van der Waals surface area contributed by atoms with E-state index < -0.39 is 20.8 Å². The van der Waals surface area contributed by atoms with Crippen molar-refractivity contribution in [3.63, 3.8) is 0 Å². The Hall–Kier alpha value is -0.620. The van der Waals surface area contributed by atoms with Gasteiger partial charge in [0.1, 0.15) is 0 Å². The van der Waals surface area contributed by atoms with Gasteiger partial charge >= 0.3 is 5.97 Å². The van der Waals surface area contributed by atoms with Crippen LogP contribution >= 0.6 is 0 Å². The number of carboxylic acid groups (broad SMARTS) is 1. The Morgan fingerprint density at radius 1 is 0.760 bits per heavy atom. The largest absolute Gasteiger partial charge is 0.480 e. The molecule has 0 rings (SSSR count). The molecule has 0 spiro atoms. The first-order valence-electron chi connectivity index (χ1n) is 9.96. The summed E-state index contributed by atoms with van der Waals surface area (Å²) in [5, 5.41) is 9.03. The molecule has 0 aliphatic carbocycles. The van der Waals surface area contributed by atoms with E-state index in [0.29, 0.717) is 6.42 Å². The molecule has 25 heavy (non-hydrogen) atoms. The summed E-state index contributed by atoms with van der Waals surface area (Å²) in [6.45, 7) is 3.31. The van der Waals surface area contributed by atoms with Crippen molar-refractivity contribution in [2.24, 2.45) is 0 Å². The smallest absolute Gasteiger partial charge is 0.327 e. The van der Waals surface area contributed by atoms with E-state index in [9.17, 15) is 13.2 Å². The van der Waals surface area contributed by atoms with Crippen molar-refractivity contribution in [3.05, 3.63) is 0 Å². The second kappa shape index (κ2) is 13.6. The van der Waals surface area contributed by atoms with Gasteiger partial charge in [0, 0.05) is 0 Å². The van der Waals surface area contributed by atoms with Gasteiger partial charge in [-0.2, -0.15) is 8.42 Å². The van der Waals surface area contributed by atoms with Gasteiger partial charge in [-0.25, -0.2) is 0 Å². The molecule has 0 aromatic heterocycles. The van der Waals surface area contributed by atoms with Gasteiger partial charge in [-0.3, -0.25) is 9.35 Å². The van der Waals surface area contributed by atoms with Gasteiger partial charge in [0.2, 0.25) is 0 Å². The Balaban J connectivity index is 3.54. The molecule has 0 aromatic rings. The molecule has 0 unspecified atom stereocenters. The molecule has 0 saturated heterocycles. The highest BCUT2D eigenvalue weighted by atomic mass is 32.2. The summed E-state index contributed by atoms with van der Waals surface area (Å²) < 4.78 is 29.5. The van der Waals surface area contributed by atoms with E-state index in [1.165, 1.54) is 64.2 Å². The van der Waals surface area contributed by atoms with E-state index in [-0.39, 0.29) is 6.42 Å². The van der Waals surface area contributed by atoms with Crippen LogP contribution in [0.15, 0.2) is 0 Å². The average molecular weight is 379 g/mol. The van der Waals surface area contributed by atoms with E-state index in [1.54, 1.807) is 0 Å². The van der Waals surface area contributed by atoms with Crippen LogP contribution in [0.5, 0.6) is 0 Å². The zero-order valence-electron chi connectivity index (χ0n) is 16.1. The molecule has 0 amide bonds. The van der Waals surface area contributed by atoms with Crippen molar-refractivity contribution in [1.82, 2.24) is 0 Å². The first-order chi connectivity index (χ1) is 11.8. The number of unbranched alkanes of at least 4 members (excludes halogenated alkanes) is 13. The number of hydrogen-bond acceptors (Lipinski definition) is 3. The van der Waals surface area contributed by atoms with Crippen LogP contribution in [0.1, 0.15) is 110 Å². The molecule has 0 heterocycles. The lowest BCUT2D eigenvalue weighted by molar-refractivity contribution is -0.140. The van der Waals surface area contributed by atoms with Gasteiger partial charge in [0.15, 0.2) is 4.75 Å². The first kappa shape index (κ1) is 24.4. The van der Waals surface area contributed by atoms with Gasteiger partial charge in [-0.15, -0.1) is 0 Å². The van der Waals surface area contributed by atoms with Crippen LogP contribution in [-0.2, 0) is 14.9 Å². The molecule has 0 saturated carbocycles. The fourth-order valence-corrected chi connectivity index (χ4v) is 3.63. The molecule has 2 N–H and O–H groups in total. The van der Waals surface area contributed by atoms with Crippen LogP contribution in [0.3, 0.4) is 0 Å². The number of hydrogen-bond donors (Lipinski definition) is 2. The second-order valence-electron chi connectivity index (χ2n) is 7.36. The normalized spacial score (nSPS) is 14.4. The maximum Gasteiger partial charge on any atom is 0.327 e. The van der Waals surface area contributed by atoms with Crippen LogP contribution in [0.2, 0.25) is 0 Å². The van der Waals surface area contributed by atoms with Crippen LogP contribution in [-0.4, -0.2) is 28.8 Å². The summed E-state index contributed by atoms with van der Waals surface area (Å²) >= 11 is 0. The van der Waals surface area contributed by atoms with E-state index in [0.717, 1.165) is 26.2 Å². The van der Waals surface area contributed by atoms with Gasteiger partial charge in [0.05, 0.1) is 0 Å². The SMILES string of the molecule is CCCCCCCCCCCCCCCC[C@](C)(C(=O)O)S(=O)(=O)O. The lowest BCUT2D eigenvalue weighted by atomic mass is 10.0. The maximum absolute atomic E-state index is 11.2. The van der Waals surface area contributed by atoms with Crippen molar-refractivity contribution in [2.75, 3.05) is 0 Å². The minimum absolute atomic E-state index is 0.0425. The number of carboxylic acids is 1. The molecule has 1 atom stereocenters. The van der Waals surface area contributed by atoms with Gasteiger partial charge < -0.3 is 5.11 Å². The lowest BCUT2D eigenvalue weighted by Crippen LogP contribution is -2.43. The Morgan fingerprint density at radius 2 is 1.08 bits per heavy atom. The predicted octanol–water partition coefficient (Wildman–Crippen LogP) is 5.59. The standard InChI is InChI=1S/C19H38O5S/c1-3-4-5-6-7-8-9-10-11-12-13-14-15-16-17-19(2,18(20)21)25(22,23)24/h3-17H2,1-2H3,(H,20,21)(H,22,23,24)/t19-/m1/s1. The van der Waals surface area contributed by atoms with Crippen LogP contribution in [0, 0.1) is 0 Å². The van der Waals surface area contributed by atoms with E-state index in [2.05, 4.69) is 6.92 Å².